The van der Waals surface area contributed by atoms with E-state index in [-0.39, 0.29) is 28.9 Å². The van der Waals surface area contributed by atoms with Crippen LogP contribution in [-0.4, -0.2) is 18.3 Å². The highest BCUT2D eigenvalue weighted by atomic mass is 16.6. The number of methoxy groups -OCH3 is 1. The first kappa shape index (κ1) is 12.6. The van der Waals surface area contributed by atoms with Crippen molar-refractivity contribution in [1.82, 2.24) is 0 Å². The predicted molar refractivity (Wildman–Crippen MR) is 63.8 cm³/mol. The molecule has 1 aromatic heterocycles. The minimum Gasteiger partial charge on any atom is -0.493 e. The molecule has 0 aliphatic heterocycles. The Kier molecular flexibility index (Phi) is 3.46. The van der Waals surface area contributed by atoms with Gasteiger partial charge in [-0.25, -0.2) is 0 Å². The van der Waals surface area contributed by atoms with E-state index in [2.05, 4.69) is 0 Å². The van der Waals surface area contributed by atoms with Crippen molar-refractivity contribution in [1.29, 1.82) is 0 Å². The van der Waals surface area contributed by atoms with Gasteiger partial charge in [-0.1, -0.05) is 0 Å². The van der Waals surface area contributed by atoms with Crippen molar-refractivity contribution < 1.29 is 23.6 Å². The summed E-state index contributed by atoms with van der Waals surface area (Å²) in [6.07, 6.45) is 0.542. The zero-order chi connectivity index (χ0) is 13.8. The van der Waals surface area contributed by atoms with Gasteiger partial charge in [0.2, 0.25) is 0 Å². The molecule has 98 valence electrons. The molecule has 0 aliphatic rings. The molecule has 0 aliphatic carbocycles. The average molecular weight is 263 g/mol. The summed E-state index contributed by atoms with van der Waals surface area (Å²) in [6.45, 7) is 0. The maximum absolute atomic E-state index is 10.6. The monoisotopic (exact) mass is 263 g/mol. The third-order valence-electron chi connectivity index (χ3n) is 2.29. The SMILES string of the molecule is COc1cc([N+](=O)[O-])ccc1Oc1ccc(C=O)o1. The van der Waals surface area contributed by atoms with E-state index in [0.717, 1.165) is 0 Å². The molecule has 0 amide bonds. The largest absolute Gasteiger partial charge is 0.493 e. The number of nitro benzene ring substituents is 1. The highest BCUT2D eigenvalue weighted by molar-refractivity contribution is 5.70. The number of non-ortho nitro benzene ring substituents is 1. The molecule has 0 fully saturated rings. The number of carbonyl (C=O) groups is 1. The minimum atomic E-state index is -0.538. The van der Waals surface area contributed by atoms with Gasteiger partial charge in [0.1, 0.15) is 0 Å². The smallest absolute Gasteiger partial charge is 0.290 e. The summed E-state index contributed by atoms with van der Waals surface area (Å²) in [5.74, 6) is 0.656. The van der Waals surface area contributed by atoms with E-state index in [4.69, 9.17) is 13.9 Å². The summed E-state index contributed by atoms with van der Waals surface area (Å²) in [7, 11) is 1.37. The lowest BCUT2D eigenvalue weighted by Crippen LogP contribution is -1.93. The fourth-order valence-corrected chi connectivity index (χ4v) is 1.42. The number of rotatable bonds is 5. The third kappa shape index (κ3) is 2.71. The van der Waals surface area contributed by atoms with Crippen LogP contribution < -0.4 is 9.47 Å². The third-order valence-corrected chi connectivity index (χ3v) is 2.29. The van der Waals surface area contributed by atoms with Crippen LogP contribution in [-0.2, 0) is 0 Å². The van der Waals surface area contributed by atoms with Gasteiger partial charge in [0.05, 0.1) is 18.1 Å². The highest BCUT2D eigenvalue weighted by Gasteiger charge is 2.14. The molecule has 0 N–H and O–H groups in total. The molecule has 0 bridgehead atoms. The molecule has 1 heterocycles. The van der Waals surface area contributed by atoms with Crippen LogP contribution in [0.15, 0.2) is 34.7 Å². The van der Waals surface area contributed by atoms with Crippen molar-refractivity contribution in [2.75, 3.05) is 7.11 Å². The second-order valence-electron chi connectivity index (χ2n) is 3.47. The zero-order valence-electron chi connectivity index (χ0n) is 9.86. The number of furan rings is 1. The number of aldehydes is 1. The quantitative estimate of drug-likeness (QED) is 0.468. The molecule has 0 unspecified atom stereocenters. The minimum absolute atomic E-state index is 0.0919. The van der Waals surface area contributed by atoms with Crippen LogP contribution in [0.4, 0.5) is 5.69 Å². The van der Waals surface area contributed by atoms with Crippen LogP contribution in [0.5, 0.6) is 17.4 Å². The summed E-state index contributed by atoms with van der Waals surface area (Å²) in [5, 5.41) is 10.6. The molecule has 0 radical (unpaired) electrons. The number of carbonyl (C=O) groups excluding carboxylic acids is 1. The summed E-state index contributed by atoms with van der Waals surface area (Å²) >= 11 is 0. The fraction of sp³-hybridized carbons (Fsp3) is 0.0833. The normalized spacial score (nSPS) is 9.95. The van der Waals surface area contributed by atoms with Gasteiger partial charge >= 0.3 is 0 Å². The fourth-order valence-electron chi connectivity index (χ4n) is 1.42. The van der Waals surface area contributed by atoms with Crippen molar-refractivity contribution in [2.24, 2.45) is 0 Å². The van der Waals surface area contributed by atoms with E-state index in [0.29, 0.717) is 6.29 Å². The van der Waals surface area contributed by atoms with Gasteiger partial charge in [0.25, 0.3) is 11.6 Å². The van der Waals surface area contributed by atoms with Gasteiger partial charge in [-0.15, -0.1) is 0 Å². The first-order chi connectivity index (χ1) is 9.13. The number of hydrogen-bond acceptors (Lipinski definition) is 6. The van der Waals surface area contributed by atoms with E-state index < -0.39 is 4.92 Å². The van der Waals surface area contributed by atoms with Crippen molar-refractivity contribution >= 4 is 12.0 Å². The summed E-state index contributed by atoms with van der Waals surface area (Å²) in [6, 6.07) is 6.81. The van der Waals surface area contributed by atoms with Crippen molar-refractivity contribution in [3.05, 3.63) is 46.2 Å². The molecule has 19 heavy (non-hydrogen) atoms. The van der Waals surface area contributed by atoms with Crippen LogP contribution in [0.3, 0.4) is 0 Å². The Bertz CT molecular complexity index is 618. The van der Waals surface area contributed by atoms with Crippen molar-refractivity contribution in [2.45, 2.75) is 0 Å². The Hall–Kier alpha value is -2.83. The van der Waals surface area contributed by atoms with E-state index in [1.807, 2.05) is 0 Å². The van der Waals surface area contributed by atoms with Crippen LogP contribution in [0.1, 0.15) is 10.6 Å². The van der Waals surface area contributed by atoms with Crippen LogP contribution >= 0.6 is 0 Å². The van der Waals surface area contributed by atoms with Crippen molar-refractivity contribution in [3.63, 3.8) is 0 Å². The molecule has 0 atom stereocenters. The number of nitro groups is 1. The topological polar surface area (TPSA) is 91.8 Å². The molecule has 0 saturated heterocycles. The summed E-state index contributed by atoms with van der Waals surface area (Å²) < 4.78 is 15.4. The van der Waals surface area contributed by atoms with Gasteiger partial charge in [0.15, 0.2) is 23.5 Å². The molecule has 2 aromatic rings. The maximum atomic E-state index is 10.6. The Balaban J connectivity index is 2.29. The highest BCUT2D eigenvalue weighted by Crippen LogP contribution is 2.34. The number of nitrogens with zero attached hydrogens (tertiary/aromatic N) is 1. The number of ether oxygens (including phenoxy) is 2. The number of hydrogen-bond donors (Lipinski definition) is 0. The van der Waals surface area contributed by atoms with Crippen LogP contribution in [0.25, 0.3) is 0 Å². The summed E-state index contributed by atoms with van der Waals surface area (Å²) in [5.41, 5.74) is -0.114. The predicted octanol–water partition coefficient (Wildman–Crippen LogP) is 2.80. The molecule has 0 saturated carbocycles. The average Bonchev–Trinajstić information content (AvgIpc) is 2.86. The standard InChI is InChI=1S/C12H9NO6/c1-17-11-6-8(13(15)16)2-4-10(11)19-12-5-3-9(7-14)18-12/h2-7H,1H3. The summed E-state index contributed by atoms with van der Waals surface area (Å²) in [4.78, 5) is 20.6. The molecule has 0 spiro atoms. The van der Waals surface area contributed by atoms with Gasteiger partial charge < -0.3 is 13.9 Å². The first-order valence-electron chi connectivity index (χ1n) is 5.19. The molecule has 1 aromatic carbocycles. The second-order valence-corrected chi connectivity index (χ2v) is 3.47. The van der Waals surface area contributed by atoms with Gasteiger partial charge in [-0.2, -0.15) is 0 Å². The van der Waals surface area contributed by atoms with E-state index in [1.54, 1.807) is 0 Å². The molecular weight excluding hydrogens is 254 g/mol. The number of benzene rings is 1. The lowest BCUT2D eigenvalue weighted by Gasteiger charge is -2.07. The molecule has 7 heteroatoms. The van der Waals surface area contributed by atoms with Crippen LogP contribution in [0, 0.1) is 10.1 Å². The zero-order valence-corrected chi connectivity index (χ0v) is 9.86. The van der Waals surface area contributed by atoms with E-state index in [9.17, 15) is 14.9 Å². The van der Waals surface area contributed by atoms with Gasteiger partial charge in [-0.3, -0.25) is 14.9 Å². The van der Waals surface area contributed by atoms with Crippen molar-refractivity contribution in [3.8, 4) is 17.4 Å². The molecule has 7 nitrogen and oxygen atoms in total. The lowest BCUT2D eigenvalue weighted by molar-refractivity contribution is -0.384. The Morgan fingerprint density at radius 2 is 2.05 bits per heavy atom. The van der Waals surface area contributed by atoms with E-state index in [1.165, 1.54) is 37.4 Å². The van der Waals surface area contributed by atoms with Crippen LogP contribution in [0.2, 0.25) is 0 Å². The van der Waals surface area contributed by atoms with E-state index >= 15 is 0 Å². The maximum Gasteiger partial charge on any atom is 0.290 e. The molecule has 2 rings (SSSR count). The Labute approximate surface area is 107 Å². The van der Waals surface area contributed by atoms with Gasteiger partial charge in [-0.05, 0) is 12.1 Å². The van der Waals surface area contributed by atoms with Gasteiger partial charge in [0, 0.05) is 12.1 Å². The first-order valence-corrected chi connectivity index (χ1v) is 5.19. The Morgan fingerprint density at radius 1 is 1.26 bits per heavy atom. The second kappa shape index (κ2) is 5.21. The Morgan fingerprint density at radius 3 is 2.63 bits per heavy atom. The molecular formula is C12H9NO6. The lowest BCUT2D eigenvalue weighted by atomic mass is 10.3.